The molecule has 6 aromatic rings. The topological polar surface area (TPSA) is 0 Å². The Morgan fingerprint density at radius 2 is 0.741 bits per heavy atom. The van der Waals surface area contributed by atoms with Crippen LogP contribution in [0.1, 0.15) is 11.1 Å². The first kappa shape index (κ1) is 13.8. The summed E-state index contributed by atoms with van der Waals surface area (Å²) in [5.74, 6) is 0. The second kappa shape index (κ2) is 4.66. The Bertz CT molecular complexity index is 1470. The van der Waals surface area contributed by atoms with Crippen molar-refractivity contribution in [2.45, 2.75) is 6.42 Å². The molecule has 0 amide bonds. The second-order valence-electron chi connectivity index (χ2n) is 7.70. The molecule has 27 heavy (non-hydrogen) atoms. The van der Waals surface area contributed by atoms with Crippen molar-refractivity contribution in [1.82, 2.24) is 0 Å². The van der Waals surface area contributed by atoms with Crippen LogP contribution in [0.3, 0.4) is 0 Å². The third-order valence-electron chi connectivity index (χ3n) is 6.41. The van der Waals surface area contributed by atoms with Crippen molar-refractivity contribution in [3.05, 3.63) is 96.1 Å². The molecule has 0 N–H and O–H groups in total. The van der Waals surface area contributed by atoms with Gasteiger partial charge < -0.3 is 0 Å². The van der Waals surface area contributed by atoms with Crippen LogP contribution in [0, 0.1) is 0 Å². The van der Waals surface area contributed by atoms with E-state index in [4.69, 9.17) is 0 Å². The van der Waals surface area contributed by atoms with Gasteiger partial charge in [-0.25, -0.2) is 0 Å². The zero-order valence-electron chi connectivity index (χ0n) is 14.8. The van der Waals surface area contributed by atoms with Gasteiger partial charge in [-0.05, 0) is 71.4 Å². The van der Waals surface area contributed by atoms with Gasteiger partial charge in [0, 0.05) is 0 Å². The Balaban J connectivity index is 2.03. The minimum absolute atomic E-state index is 1.02. The highest BCUT2D eigenvalue weighted by atomic mass is 14.2. The minimum atomic E-state index is 1.02. The molecule has 0 saturated carbocycles. The Labute approximate surface area is 156 Å². The van der Waals surface area contributed by atoms with E-state index in [-0.39, 0.29) is 0 Å². The summed E-state index contributed by atoms with van der Waals surface area (Å²) in [7, 11) is 0. The Hall–Kier alpha value is -3.38. The number of rotatable bonds is 0. The molecule has 1 aliphatic rings. The van der Waals surface area contributed by atoms with Crippen molar-refractivity contribution in [1.29, 1.82) is 0 Å². The van der Waals surface area contributed by atoms with Gasteiger partial charge in [-0.1, -0.05) is 84.9 Å². The van der Waals surface area contributed by atoms with E-state index in [9.17, 15) is 0 Å². The van der Waals surface area contributed by atoms with Crippen LogP contribution >= 0.6 is 0 Å². The molecule has 0 nitrogen and oxygen atoms in total. The zero-order valence-corrected chi connectivity index (χ0v) is 14.8. The fraction of sp³-hybridized carbons (Fsp3) is 0.0370. The normalized spacial score (nSPS) is 13.0. The second-order valence-corrected chi connectivity index (χ2v) is 7.70. The van der Waals surface area contributed by atoms with E-state index in [1.807, 2.05) is 0 Å². The molecule has 1 aliphatic carbocycles. The average molecular weight is 340 g/mol. The van der Waals surface area contributed by atoms with Gasteiger partial charge in [-0.3, -0.25) is 0 Å². The highest BCUT2D eigenvalue weighted by Crippen LogP contribution is 2.48. The molecule has 0 unspecified atom stereocenters. The van der Waals surface area contributed by atoms with Crippen LogP contribution < -0.4 is 0 Å². The summed E-state index contributed by atoms with van der Waals surface area (Å²) < 4.78 is 0. The lowest BCUT2D eigenvalue weighted by molar-refractivity contribution is 1.23. The summed E-state index contributed by atoms with van der Waals surface area (Å²) in [4.78, 5) is 0. The molecule has 0 spiro atoms. The smallest absolute Gasteiger partial charge is 0.000810 e. The van der Waals surface area contributed by atoms with Gasteiger partial charge in [-0.15, -0.1) is 0 Å². The molecule has 7 rings (SSSR count). The van der Waals surface area contributed by atoms with Crippen molar-refractivity contribution >= 4 is 53.9 Å². The van der Waals surface area contributed by atoms with Crippen LogP contribution in [-0.2, 0) is 6.42 Å². The molecule has 0 fully saturated rings. The molecular weight excluding hydrogens is 324 g/mol. The molecule has 6 aromatic carbocycles. The first-order valence-corrected chi connectivity index (χ1v) is 9.60. The molecule has 0 saturated heterocycles. The minimum Gasteiger partial charge on any atom is -0.0616 e. The van der Waals surface area contributed by atoms with E-state index >= 15 is 0 Å². The maximum Gasteiger partial charge on any atom is -0.000810 e. The van der Waals surface area contributed by atoms with Gasteiger partial charge >= 0.3 is 0 Å². The zero-order chi connectivity index (χ0) is 17.5. The molecule has 0 heterocycles. The molecule has 0 bridgehead atoms. The Morgan fingerprint density at radius 1 is 0.333 bits per heavy atom. The van der Waals surface area contributed by atoms with Crippen LogP contribution in [0.2, 0.25) is 0 Å². The Morgan fingerprint density at radius 3 is 1.26 bits per heavy atom. The van der Waals surface area contributed by atoms with Gasteiger partial charge in [0.15, 0.2) is 0 Å². The van der Waals surface area contributed by atoms with Crippen LogP contribution in [0.4, 0.5) is 0 Å². The van der Waals surface area contributed by atoms with Crippen LogP contribution in [0.25, 0.3) is 53.9 Å². The predicted octanol–water partition coefficient (Wildman–Crippen LogP) is 7.36. The van der Waals surface area contributed by atoms with Gasteiger partial charge in [0.25, 0.3) is 0 Å². The molecule has 0 heteroatoms. The third-order valence-corrected chi connectivity index (χ3v) is 6.41. The lowest BCUT2D eigenvalue weighted by Crippen LogP contribution is -2.00. The summed E-state index contributed by atoms with van der Waals surface area (Å²) in [6, 6.07) is 31.5. The van der Waals surface area contributed by atoms with Crippen molar-refractivity contribution in [2.75, 3.05) is 0 Å². The van der Waals surface area contributed by atoms with Gasteiger partial charge in [0.1, 0.15) is 0 Å². The third kappa shape index (κ3) is 1.56. The lowest BCUT2D eigenvalue weighted by atomic mass is 9.80. The summed E-state index contributed by atoms with van der Waals surface area (Å²) in [6.45, 7) is 0. The van der Waals surface area contributed by atoms with Crippen LogP contribution in [0.15, 0.2) is 84.9 Å². The SMILES string of the molecule is c1ccc2c(c1)c1cccc3c1c1c4c(cccc4c4ccccc4c21)C3. The van der Waals surface area contributed by atoms with Crippen molar-refractivity contribution in [3.8, 4) is 0 Å². The largest absolute Gasteiger partial charge is 0.0616 e. The van der Waals surface area contributed by atoms with E-state index in [1.54, 1.807) is 0 Å². The fourth-order valence-electron chi connectivity index (χ4n) is 5.40. The van der Waals surface area contributed by atoms with E-state index in [1.165, 1.54) is 65.0 Å². The molecule has 124 valence electrons. The van der Waals surface area contributed by atoms with E-state index in [0.717, 1.165) is 6.42 Å². The first-order valence-electron chi connectivity index (χ1n) is 9.60. The van der Waals surface area contributed by atoms with E-state index in [0.29, 0.717) is 0 Å². The lowest BCUT2D eigenvalue weighted by Gasteiger charge is -2.23. The summed E-state index contributed by atoms with van der Waals surface area (Å²) in [5, 5.41) is 14.0. The molecule has 0 aliphatic heterocycles. The quantitative estimate of drug-likeness (QED) is 0.253. The summed E-state index contributed by atoms with van der Waals surface area (Å²) in [6.07, 6.45) is 1.02. The van der Waals surface area contributed by atoms with Crippen molar-refractivity contribution in [3.63, 3.8) is 0 Å². The van der Waals surface area contributed by atoms with Gasteiger partial charge in [-0.2, -0.15) is 0 Å². The first-order chi connectivity index (χ1) is 13.4. The number of fused-ring (bicyclic) bond motifs is 6. The predicted molar refractivity (Wildman–Crippen MR) is 117 cm³/mol. The van der Waals surface area contributed by atoms with Crippen molar-refractivity contribution in [2.24, 2.45) is 0 Å². The molecule has 0 aromatic heterocycles. The fourth-order valence-corrected chi connectivity index (χ4v) is 5.40. The van der Waals surface area contributed by atoms with Gasteiger partial charge in [0.2, 0.25) is 0 Å². The van der Waals surface area contributed by atoms with Crippen LogP contribution in [-0.4, -0.2) is 0 Å². The van der Waals surface area contributed by atoms with Crippen LogP contribution in [0.5, 0.6) is 0 Å². The molecular formula is C27H16. The van der Waals surface area contributed by atoms with E-state index < -0.39 is 0 Å². The Kier molecular flexibility index (Phi) is 2.38. The van der Waals surface area contributed by atoms with Crippen molar-refractivity contribution < 1.29 is 0 Å². The maximum absolute atomic E-state index is 2.31. The summed E-state index contributed by atoms with van der Waals surface area (Å²) in [5.41, 5.74) is 2.91. The van der Waals surface area contributed by atoms with Gasteiger partial charge in [0.05, 0.1) is 0 Å². The number of hydrogen-bond donors (Lipinski definition) is 0. The average Bonchev–Trinajstić information content (AvgIpc) is 2.74. The monoisotopic (exact) mass is 340 g/mol. The standard InChI is InChI=1S/C27H16/c1-3-11-22-18(9-1)20-13-5-7-16-15-17-8-6-14-21-19-10-2-4-12-23(19)26(22)27(24(16)20)25(17)21/h1-14H,15H2. The molecule has 0 atom stereocenters. The highest BCUT2D eigenvalue weighted by molar-refractivity contribution is 6.40. The number of benzene rings is 6. The molecule has 0 radical (unpaired) electrons. The van der Waals surface area contributed by atoms with E-state index in [2.05, 4.69) is 84.9 Å². The maximum atomic E-state index is 2.31. The highest BCUT2D eigenvalue weighted by Gasteiger charge is 2.22. The summed E-state index contributed by atoms with van der Waals surface area (Å²) >= 11 is 0. The number of hydrogen-bond acceptors (Lipinski definition) is 0.